The van der Waals surface area contributed by atoms with E-state index in [1.807, 2.05) is 18.2 Å². The second-order valence-electron chi connectivity index (χ2n) is 3.64. The van der Waals surface area contributed by atoms with Crippen LogP contribution in [0.3, 0.4) is 0 Å². The molecule has 0 heterocycles. The van der Waals surface area contributed by atoms with E-state index in [-0.39, 0.29) is 6.61 Å². The first-order valence-corrected chi connectivity index (χ1v) is 5.08. The maximum Gasteiger partial charge on any atom is 0.336 e. The first-order valence-electron chi connectivity index (χ1n) is 5.08. The standard InChI is InChI=1S/C13H12O3/c14-7-6-9-4-5-11-10(8-9)2-1-3-12(11)13(15)16/h1-5,8,14H,6-7H2,(H,15,16). The van der Waals surface area contributed by atoms with Crippen LogP contribution in [-0.2, 0) is 6.42 Å². The van der Waals surface area contributed by atoms with Crippen LogP contribution in [-0.4, -0.2) is 22.8 Å². The molecule has 2 rings (SSSR count). The molecule has 0 fully saturated rings. The van der Waals surface area contributed by atoms with Crippen LogP contribution in [0.2, 0.25) is 0 Å². The number of aromatic carboxylic acids is 1. The van der Waals surface area contributed by atoms with Crippen molar-refractivity contribution in [1.29, 1.82) is 0 Å². The maximum absolute atomic E-state index is 11.0. The Morgan fingerprint density at radius 3 is 2.69 bits per heavy atom. The Balaban J connectivity index is 2.59. The Hall–Kier alpha value is -1.87. The van der Waals surface area contributed by atoms with Crippen LogP contribution in [0.5, 0.6) is 0 Å². The summed E-state index contributed by atoms with van der Waals surface area (Å²) in [6.07, 6.45) is 0.591. The predicted octanol–water partition coefficient (Wildman–Crippen LogP) is 2.07. The van der Waals surface area contributed by atoms with Gasteiger partial charge in [-0.2, -0.15) is 0 Å². The van der Waals surface area contributed by atoms with Crippen molar-refractivity contribution in [3.05, 3.63) is 47.5 Å². The highest BCUT2D eigenvalue weighted by Gasteiger charge is 2.07. The molecule has 0 aliphatic heterocycles. The molecule has 0 aromatic heterocycles. The quantitative estimate of drug-likeness (QED) is 0.825. The van der Waals surface area contributed by atoms with Crippen molar-refractivity contribution in [2.45, 2.75) is 6.42 Å². The van der Waals surface area contributed by atoms with Crippen LogP contribution >= 0.6 is 0 Å². The lowest BCUT2D eigenvalue weighted by Crippen LogP contribution is -1.97. The number of aliphatic hydroxyl groups is 1. The molecular formula is C13H12O3. The van der Waals surface area contributed by atoms with E-state index in [9.17, 15) is 4.79 Å². The molecule has 0 amide bonds. The number of carbonyl (C=O) groups is 1. The van der Waals surface area contributed by atoms with Crippen LogP contribution in [0.15, 0.2) is 36.4 Å². The fourth-order valence-electron chi connectivity index (χ4n) is 1.80. The molecule has 2 aromatic rings. The maximum atomic E-state index is 11.0. The van der Waals surface area contributed by atoms with E-state index in [1.165, 1.54) is 0 Å². The average molecular weight is 216 g/mol. The van der Waals surface area contributed by atoms with Crippen LogP contribution in [0.4, 0.5) is 0 Å². The molecular weight excluding hydrogens is 204 g/mol. The summed E-state index contributed by atoms with van der Waals surface area (Å²) in [6.45, 7) is 0.101. The minimum Gasteiger partial charge on any atom is -0.478 e. The molecule has 0 spiro atoms. The summed E-state index contributed by atoms with van der Waals surface area (Å²) in [4.78, 5) is 11.0. The summed E-state index contributed by atoms with van der Waals surface area (Å²) in [5.41, 5.74) is 1.32. The normalized spacial score (nSPS) is 10.6. The zero-order chi connectivity index (χ0) is 11.5. The molecule has 16 heavy (non-hydrogen) atoms. The lowest BCUT2D eigenvalue weighted by atomic mass is 10.0. The predicted molar refractivity (Wildman–Crippen MR) is 61.7 cm³/mol. The van der Waals surface area contributed by atoms with Gasteiger partial charge >= 0.3 is 5.97 Å². The molecule has 0 bridgehead atoms. The van der Waals surface area contributed by atoms with E-state index in [0.29, 0.717) is 12.0 Å². The number of benzene rings is 2. The summed E-state index contributed by atoms with van der Waals surface area (Å²) < 4.78 is 0. The number of aliphatic hydroxyl groups excluding tert-OH is 1. The summed E-state index contributed by atoms with van der Waals surface area (Å²) in [5, 5.41) is 19.5. The van der Waals surface area contributed by atoms with E-state index < -0.39 is 5.97 Å². The Morgan fingerprint density at radius 2 is 2.00 bits per heavy atom. The van der Waals surface area contributed by atoms with Gasteiger partial charge in [0.1, 0.15) is 0 Å². The minimum atomic E-state index is -0.916. The molecule has 0 radical (unpaired) electrons. The molecule has 2 N–H and O–H groups in total. The van der Waals surface area contributed by atoms with Crippen molar-refractivity contribution < 1.29 is 15.0 Å². The van der Waals surface area contributed by atoms with Gasteiger partial charge in [0.25, 0.3) is 0 Å². The lowest BCUT2D eigenvalue weighted by molar-refractivity contribution is 0.0699. The van der Waals surface area contributed by atoms with Gasteiger partial charge in [-0.25, -0.2) is 4.79 Å². The van der Waals surface area contributed by atoms with E-state index in [1.54, 1.807) is 18.2 Å². The van der Waals surface area contributed by atoms with Gasteiger partial charge in [-0.3, -0.25) is 0 Å². The number of fused-ring (bicyclic) bond motifs is 1. The zero-order valence-corrected chi connectivity index (χ0v) is 8.68. The highest BCUT2D eigenvalue weighted by molar-refractivity contribution is 6.03. The summed E-state index contributed by atoms with van der Waals surface area (Å²) in [6, 6.07) is 10.8. The largest absolute Gasteiger partial charge is 0.478 e. The van der Waals surface area contributed by atoms with E-state index in [4.69, 9.17) is 10.2 Å². The van der Waals surface area contributed by atoms with Gasteiger partial charge in [0, 0.05) is 6.61 Å². The SMILES string of the molecule is O=C(O)c1cccc2cc(CCO)ccc12. The number of rotatable bonds is 3. The monoisotopic (exact) mass is 216 g/mol. The molecule has 0 atom stereocenters. The van der Waals surface area contributed by atoms with Crippen molar-refractivity contribution in [2.75, 3.05) is 6.61 Å². The van der Waals surface area contributed by atoms with Gasteiger partial charge in [0.2, 0.25) is 0 Å². The topological polar surface area (TPSA) is 57.5 Å². The second kappa shape index (κ2) is 4.33. The fourth-order valence-corrected chi connectivity index (χ4v) is 1.80. The minimum absolute atomic E-state index is 0.101. The van der Waals surface area contributed by atoms with Crippen molar-refractivity contribution in [3.8, 4) is 0 Å². The fraction of sp³-hybridized carbons (Fsp3) is 0.154. The van der Waals surface area contributed by atoms with Gasteiger partial charge < -0.3 is 10.2 Å². The number of carboxylic acids is 1. The van der Waals surface area contributed by atoms with Crippen LogP contribution in [0.25, 0.3) is 10.8 Å². The van der Waals surface area contributed by atoms with E-state index in [0.717, 1.165) is 16.3 Å². The first-order chi connectivity index (χ1) is 7.72. The molecule has 2 aromatic carbocycles. The van der Waals surface area contributed by atoms with Crippen molar-refractivity contribution in [3.63, 3.8) is 0 Å². The van der Waals surface area contributed by atoms with Gasteiger partial charge in [-0.05, 0) is 28.8 Å². The summed E-state index contributed by atoms with van der Waals surface area (Å²) in [7, 11) is 0. The third-order valence-electron chi connectivity index (χ3n) is 2.58. The summed E-state index contributed by atoms with van der Waals surface area (Å²) in [5.74, 6) is -0.916. The molecule has 0 unspecified atom stereocenters. The molecule has 3 nitrogen and oxygen atoms in total. The third-order valence-corrected chi connectivity index (χ3v) is 2.58. The molecule has 0 saturated heterocycles. The van der Waals surface area contributed by atoms with Crippen molar-refractivity contribution in [2.24, 2.45) is 0 Å². The van der Waals surface area contributed by atoms with Crippen LogP contribution in [0.1, 0.15) is 15.9 Å². The Labute approximate surface area is 93.0 Å². The van der Waals surface area contributed by atoms with Gasteiger partial charge in [-0.15, -0.1) is 0 Å². The van der Waals surface area contributed by atoms with Crippen molar-refractivity contribution in [1.82, 2.24) is 0 Å². The average Bonchev–Trinajstić information content (AvgIpc) is 2.28. The van der Waals surface area contributed by atoms with Crippen LogP contribution in [0, 0.1) is 0 Å². The molecule has 82 valence electrons. The highest BCUT2D eigenvalue weighted by atomic mass is 16.4. The zero-order valence-electron chi connectivity index (χ0n) is 8.68. The summed E-state index contributed by atoms with van der Waals surface area (Å²) >= 11 is 0. The first kappa shape index (κ1) is 10.6. The highest BCUT2D eigenvalue weighted by Crippen LogP contribution is 2.20. The Kier molecular flexibility index (Phi) is 2.88. The van der Waals surface area contributed by atoms with E-state index >= 15 is 0 Å². The number of hydrogen-bond acceptors (Lipinski definition) is 2. The smallest absolute Gasteiger partial charge is 0.336 e. The lowest BCUT2D eigenvalue weighted by Gasteiger charge is -2.04. The second-order valence-corrected chi connectivity index (χ2v) is 3.64. The molecule has 0 saturated carbocycles. The molecule has 3 heteroatoms. The van der Waals surface area contributed by atoms with Gasteiger partial charge in [0.15, 0.2) is 0 Å². The Morgan fingerprint density at radius 1 is 1.19 bits per heavy atom. The van der Waals surface area contributed by atoms with Gasteiger partial charge in [-0.1, -0.05) is 30.3 Å². The number of carboxylic acid groups (broad SMARTS) is 1. The van der Waals surface area contributed by atoms with E-state index in [2.05, 4.69) is 0 Å². The third kappa shape index (κ3) is 1.90. The molecule has 0 aliphatic rings. The van der Waals surface area contributed by atoms with Gasteiger partial charge in [0.05, 0.1) is 5.56 Å². The van der Waals surface area contributed by atoms with Crippen molar-refractivity contribution >= 4 is 16.7 Å². The Bertz CT molecular complexity index is 532. The van der Waals surface area contributed by atoms with Crippen LogP contribution < -0.4 is 0 Å². The molecule has 0 aliphatic carbocycles. The number of hydrogen-bond donors (Lipinski definition) is 2.